The molecule has 7 heteroatoms. The first-order chi connectivity index (χ1) is 13.5. The lowest BCUT2D eigenvalue weighted by Gasteiger charge is -2.14. The summed E-state index contributed by atoms with van der Waals surface area (Å²) in [6, 6.07) is 16.0. The molecular weight excluding hydrogens is 392 g/mol. The zero-order valence-electron chi connectivity index (χ0n) is 15.8. The lowest BCUT2D eigenvalue weighted by atomic mass is 10.1. The maximum Gasteiger partial charge on any atom is 0.196 e. The van der Waals surface area contributed by atoms with E-state index in [4.69, 9.17) is 16.1 Å². The minimum absolute atomic E-state index is 0.642. The molecule has 0 amide bonds. The molecular formula is C21H19ClN4OS. The number of nitrogens with zero attached hydrogens (tertiary/aromatic N) is 4. The van der Waals surface area contributed by atoms with Crippen LogP contribution in [0, 0.1) is 20.8 Å². The molecule has 4 aromatic rings. The van der Waals surface area contributed by atoms with Crippen molar-refractivity contribution in [3.8, 4) is 17.1 Å². The first-order valence-electron chi connectivity index (χ1n) is 8.86. The molecule has 2 aromatic carbocycles. The van der Waals surface area contributed by atoms with Gasteiger partial charge < -0.3 is 4.52 Å². The molecule has 0 saturated heterocycles. The van der Waals surface area contributed by atoms with Gasteiger partial charge in [-0.3, -0.25) is 4.57 Å². The van der Waals surface area contributed by atoms with E-state index in [1.807, 2.05) is 37.3 Å². The Morgan fingerprint density at radius 1 is 1.04 bits per heavy atom. The lowest BCUT2D eigenvalue weighted by molar-refractivity contribution is 0.393. The van der Waals surface area contributed by atoms with Gasteiger partial charge in [0.1, 0.15) is 5.76 Å². The summed E-state index contributed by atoms with van der Waals surface area (Å²) in [7, 11) is 0. The van der Waals surface area contributed by atoms with Gasteiger partial charge in [-0.25, -0.2) is 0 Å². The maximum absolute atomic E-state index is 6.46. The SMILES string of the molecule is Cc1ccc(C)c(-n2c(SCc3cc(C)on3)nnc2-c2ccccc2Cl)c1. The fraction of sp³-hybridized carbons (Fsp3) is 0.190. The second kappa shape index (κ2) is 7.81. The van der Waals surface area contributed by atoms with Gasteiger partial charge in [0.05, 0.1) is 16.4 Å². The van der Waals surface area contributed by atoms with Gasteiger partial charge in [0.15, 0.2) is 11.0 Å². The number of hydrogen-bond acceptors (Lipinski definition) is 5. The average molecular weight is 411 g/mol. The van der Waals surface area contributed by atoms with Crippen LogP contribution in [0.1, 0.15) is 22.6 Å². The molecule has 28 heavy (non-hydrogen) atoms. The highest BCUT2D eigenvalue weighted by Crippen LogP contribution is 2.34. The number of benzene rings is 2. The van der Waals surface area contributed by atoms with Gasteiger partial charge >= 0.3 is 0 Å². The third-order valence-electron chi connectivity index (χ3n) is 4.38. The Kier molecular flexibility index (Phi) is 5.24. The topological polar surface area (TPSA) is 56.7 Å². The third kappa shape index (κ3) is 3.70. The Morgan fingerprint density at radius 3 is 2.61 bits per heavy atom. The zero-order chi connectivity index (χ0) is 19.7. The van der Waals surface area contributed by atoms with Gasteiger partial charge in [-0.1, -0.05) is 52.8 Å². The summed E-state index contributed by atoms with van der Waals surface area (Å²) in [6.45, 7) is 6.04. The quantitative estimate of drug-likeness (QED) is 0.389. The summed E-state index contributed by atoms with van der Waals surface area (Å²) in [5, 5.41) is 14.4. The molecule has 0 N–H and O–H groups in total. The van der Waals surface area contributed by atoms with Crippen molar-refractivity contribution in [1.82, 2.24) is 19.9 Å². The molecule has 0 aliphatic carbocycles. The summed E-state index contributed by atoms with van der Waals surface area (Å²) >= 11 is 8.03. The first-order valence-corrected chi connectivity index (χ1v) is 10.2. The highest BCUT2D eigenvalue weighted by Gasteiger charge is 2.19. The van der Waals surface area contributed by atoms with Crippen LogP contribution in [-0.2, 0) is 5.75 Å². The molecule has 2 heterocycles. The van der Waals surface area contributed by atoms with E-state index < -0.39 is 0 Å². The monoisotopic (exact) mass is 410 g/mol. The molecule has 0 bridgehead atoms. The van der Waals surface area contributed by atoms with Crippen LogP contribution < -0.4 is 0 Å². The minimum Gasteiger partial charge on any atom is -0.361 e. The summed E-state index contributed by atoms with van der Waals surface area (Å²) in [5.41, 5.74) is 5.07. The highest BCUT2D eigenvalue weighted by molar-refractivity contribution is 7.98. The molecule has 0 saturated carbocycles. The molecule has 4 rings (SSSR count). The molecule has 5 nitrogen and oxygen atoms in total. The van der Waals surface area contributed by atoms with E-state index >= 15 is 0 Å². The summed E-state index contributed by atoms with van der Waals surface area (Å²) in [5.74, 6) is 2.16. The zero-order valence-corrected chi connectivity index (χ0v) is 17.4. The van der Waals surface area contributed by atoms with E-state index in [-0.39, 0.29) is 0 Å². The third-order valence-corrected chi connectivity index (χ3v) is 5.67. The van der Waals surface area contributed by atoms with Crippen LogP contribution in [0.15, 0.2) is 58.2 Å². The number of thioether (sulfide) groups is 1. The van der Waals surface area contributed by atoms with Crippen LogP contribution in [-0.4, -0.2) is 19.9 Å². The van der Waals surface area contributed by atoms with Crippen molar-refractivity contribution in [2.75, 3.05) is 0 Å². The van der Waals surface area contributed by atoms with Crippen LogP contribution in [0.2, 0.25) is 5.02 Å². The molecule has 0 aliphatic heterocycles. The number of rotatable bonds is 5. The van der Waals surface area contributed by atoms with Crippen molar-refractivity contribution in [3.63, 3.8) is 0 Å². The van der Waals surface area contributed by atoms with Gasteiger partial charge in [0.2, 0.25) is 0 Å². The number of halogens is 1. The normalized spacial score (nSPS) is 11.1. The molecule has 142 valence electrons. The number of aryl methyl sites for hydroxylation is 3. The largest absolute Gasteiger partial charge is 0.361 e. The Labute approximate surface area is 172 Å². The van der Waals surface area contributed by atoms with Gasteiger partial charge in [0.25, 0.3) is 0 Å². The molecule has 0 spiro atoms. The van der Waals surface area contributed by atoms with Crippen molar-refractivity contribution >= 4 is 23.4 Å². The summed E-state index contributed by atoms with van der Waals surface area (Å²) in [6.07, 6.45) is 0. The first kappa shape index (κ1) is 18.8. The molecule has 0 fully saturated rings. The Bertz CT molecular complexity index is 1140. The van der Waals surface area contributed by atoms with E-state index in [0.29, 0.717) is 10.8 Å². The highest BCUT2D eigenvalue weighted by atomic mass is 35.5. The van der Waals surface area contributed by atoms with Crippen LogP contribution in [0.5, 0.6) is 0 Å². The van der Waals surface area contributed by atoms with Gasteiger partial charge in [0, 0.05) is 17.4 Å². The van der Waals surface area contributed by atoms with E-state index in [1.165, 1.54) is 5.56 Å². The van der Waals surface area contributed by atoms with Crippen molar-refractivity contribution in [1.29, 1.82) is 0 Å². The van der Waals surface area contributed by atoms with Gasteiger partial charge in [-0.15, -0.1) is 10.2 Å². The average Bonchev–Trinajstić information content (AvgIpc) is 3.28. The van der Waals surface area contributed by atoms with Crippen LogP contribution in [0.25, 0.3) is 17.1 Å². The predicted octanol–water partition coefficient (Wildman–Crippen LogP) is 5.79. The van der Waals surface area contributed by atoms with E-state index in [2.05, 4.69) is 52.0 Å². The van der Waals surface area contributed by atoms with Crippen molar-refractivity contribution in [2.45, 2.75) is 31.7 Å². The molecule has 0 unspecified atom stereocenters. The Balaban J connectivity index is 1.82. The fourth-order valence-electron chi connectivity index (χ4n) is 2.98. The van der Waals surface area contributed by atoms with Crippen LogP contribution >= 0.6 is 23.4 Å². The fourth-order valence-corrected chi connectivity index (χ4v) is 4.03. The lowest BCUT2D eigenvalue weighted by Crippen LogP contribution is -2.03. The van der Waals surface area contributed by atoms with Gasteiger partial charge in [-0.2, -0.15) is 0 Å². The van der Waals surface area contributed by atoms with Crippen molar-refractivity contribution in [2.24, 2.45) is 0 Å². The molecule has 2 aromatic heterocycles. The molecule has 0 aliphatic rings. The van der Waals surface area contributed by atoms with Crippen LogP contribution in [0.3, 0.4) is 0 Å². The molecule has 0 atom stereocenters. The smallest absolute Gasteiger partial charge is 0.196 e. The Hall–Kier alpha value is -2.57. The summed E-state index contributed by atoms with van der Waals surface area (Å²) < 4.78 is 7.24. The van der Waals surface area contributed by atoms with E-state index in [9.17, 15) is 0 Å². The molecule has 0 radical (unpaired) electrons. The summed E-state index contributed by atoms with van der Waals surface area (Å²) in [4.78, 5) is 0. The maximum atomic E-state index is 6.46. The van der Waals surface area contributed by atoms with E-state index in [0.717, 1.165) is 39.2 Å². The van der Waals surface area contributed by atoms with Crippen LogP contribution in [0.4, 0.5) is 0 Å². The van der Waals surface area contributed by atoms with E-state index in [1.54, 1.807) is 11.8 Å². The number of aromatic nitrogens is 4. The van der Waals surface area contributed by atoms with Gasteiger partial charge in [-0.05, 0) is 50.1 Å². The second-order valence-electron chi connectivity index (χ2n) is 6.63. The van der Waals surface area contributed by atoms with Crippen molar-refractivity contribution in [3.05, 3.63) is 76.1 Å². The standard InChI is InChI=1S/C21H19ClN4OS/c1-13-8-9-14(2)19(10-13)26-20(17-6-4-5-7-18(17)22)23-24-21(26)28-12-16-11-15(3)27-25-16/h4-11H,12H2,1-3H3. The van der Waals surface area contributed by atoms with Crippen molar-refractivity contribution < 1.29 is 4.52 Å². The second-order valence-corrected chi connectivity index (χ2v) is 7.98. The minimum atomic E-state index is 0.642. The predicted molar refractivity (Wildman–Crippen MR) is 112 cm³/mol. The Morgan fingerprint density at radius 2 is 1.86 bits per heavy atom. The number of hydrogen-bond donors (Lipinski definition) is 0.